The van der Waals surface area contributed by atoms with Crippen LogP contribution >= 0.6 is 0 Å². The average molecular weight is 322 g/mol. The highest BCUT2D eigenvalue weighted by Crippen LogP contribution is 2.16. The van der Waals surface area contributed by atoms with E-state index in [1.54, 1.807) is 18.6 Å². The summed E-state index contributed by atoms with van der Waals surface area (Å²) in [6.07, 6.45) is 6.20. The third kappa shape index (κ3) is 4.39. The van der Waals surface area contributed by atoms with E-state index in [1.807, 2.05) is 47.2 Å². The van der Waals surface area contributed by atoms with Crippen molar-refractivity contribution in [3.8, 4) is 11.3 Å². The van der Waals surface area contributed by atoms with Gasteiger partial charge in [-0.15, -0.1) is 10.2 Å². The molecule has 2 amide bonds. The van der Waals surface area contributed by atoms with Crippen molar-refractivity contribution in [2.45, 2.75) is 13.0 Å². The molecule has 0 aliphatic heterocycles. The first-order chi connectivity index (χ1) is 11.8. The molecule has 3 rings (SSSR count). The van der Waals surface area contributed by atoms with E-state index in [-0.39, 0.29) is 6.03 Å². The van der Waals surface area contributed by atoms with Crippen molar-refractivity contribution >= 4 is 11.8 Å². The molecule has 1 aromatic carbocycles. The number of rotatable bonds is 6. The van der Waals surface area contributed by atoms with Crippen molar-refractivity contribution in [1.82, 2.24) is 25.1 Å². The van der Waals surface area contributed by atoms with Crippen molar-refractivity contribution in [3.05, 3.63) is 61.2 Å². The number of nitrogens with zero attached hydrogens (tertiary/aromatic N) is 4. The van der Waals surface area contributed by atoms with Gasteiger partial charge in [0.2, 0.25) is 0 Å². The smallest absolute Gasteiger partial charge is 0.320 e. The van der Waals surface area contributed by atoms with Gasteiger partial charge in [0.05, 0.1) is 12.0 Å². The maximum absolute atomic E-state index is 11.8. The molecule has 2 aromatic heterocycles. The van der Waals surface area contributed by atoms with E-state index >= 15 is 0 Å². The van der Waals surface area contributed by atoms with Gasteiger partial charge in [-0.1, -0.05) is 30.3 Å². The summed E-state index contributed by atoms with van der Waals surface area (Å²) >= 11 is 0. The molecule has 0 radical (unpaired) electrons. The molecule has 0 bridgehead atoms. The number of nitrogens with one attached hydrogen (secondary N) is 2. The highest BCUT2D eigenvalue weighted by atomic mass is 16.2. The lowest BCUT2D eigenvalue weighted by molar-refractivity contribution is 0.251. The average Bonchev–Trinajstić information content (AvgIpc) is 3.14. The molecule has 0 saturated carbocycles. The first-order valence-electron chi connectivity index (χ1n) is 7.71. The minimum atomic E-state index is -0.289. The highest BCUT2D eigenvalue weighted by Gasteiger charge is 2.04. The zero-order valence-electron chi connectivity index (χ0n) is 13.1. The van der Waals surface area contributed by atoms with Crippen LogP contribution in [0.5, 0.6) is 0 Å². The van der Waals surface area contributed by atoms with Crippen LogP contribution in [0.3, 0.4) is 0 Å². The van der Waals surface area contributed by atoms with Crippen LogP contribution in [-0.4, -0.2) is 32.3 Å². The van der Waals surface area contributed by atoms with Gasteiger partial charge in [-0.05, 0) is 18.6 Å². The first kappa shape index (κ1) is 15.7. The van der Waals surface area contributed by atoms with Crippen molar-refractivity contribution in [2.24, 2.45) is 0 Å². The van der Waals surface area contributed by atoms with E-state index < -0.39 is 0 Å². The lowest BCUT2D eigenvalue weighted by Gasteiger charge is -2.07. The normalized spacial score (nSPS) is 10.3. The Kier molecular flexibility index (Phi) is 5.14. The zero-order chi connectivity index (χ0) is 16.6. The molecule has 122 valence electrons. The van der Waals surface area contributed by atoms with Crippen LogP contribution in [0.25, 0.3) is 11.3 Å². The largest absolute Gasteiger partial charge is 0.338 e. The fourth-order valence-corrected chi connectivity index (χ4v) is 2.20. The Morgan fingerprint density at radius 1 is 1.08 bits per heavy atom. The van der Waals surface area contributed by atoms with Crippen LogP contribution in [0.1, 0.15) is 6.42 Å². The maximum Gasteiger partial charge on any atom is 0.320 e. The Labute approximate surface area is 139 Å². The molecular weight excluding hydrogens is 304 g/mol. The third-order valence-corrected chi connectivity index (χ3v) is 3.41. The molecule has 7 heteroatoms. The summed E-state index contributed by atoms with van der Waals surface area (Å²) in [6.45, 7) is 1.38. The molecule has 0 saturated heterocycles. The molecule has 2 N–H and O–H groups in total. The van der Waals surface area contributed by atoms with Crippen LogP contribution < -0.4 is 10.6 Å². The number of hydrogen-bond donors (Lipinski definition) is 2. The van der Waals surface area contributed by atoms with Gasteiger partial charge in [-0.25, -0.2) is 9.78 Å². The van der Waals surface area contributed by atoms with Gasteiger partial charge in [0.25, 0.3) is 0 Å². The number of imidazole rings is 1. The van der Waals surface area contributed by atoms with Crippen molar-refractivity contribution in [2.75, 3.05) is 11.9 Å². The number of urea groups is 1. The summed E-state index contributed by atoms with van der Waals surface area (Å²) < 4.78 is 1.97. The predicted molar refractivity (Wildman–Crippen MR) is 91.3 cm³/mol. The van der Waals surface area contributed by atoms with E-state index in [0.717, 1.165) is 24.2 Å². The number of aromatic nitrogens is 4. The van der Waals surface area contributed by atoms with Crippen molar-refractivity contribution in [1.29, 1.82) is 0 Å². The topological polar surface area (TPSA) is 84.7 Å². The van der Waals surface area contributed by atoms with E-state index in [2.05, 4.69) is 25.8 Å². The molecule has 24 heavy (non-hydrogen) atoms. The zero-order valence-corrected chi connectivity index (χ0v) is 13.1. The summed E-state index contributed by atoms with van der Waals surface area (Å²) in [7, 11) is 0. The first-order valence-corrected chi connectivity index (χ1v) is 7.71. The van der Waals surface area contributed by atoms with E-state index in [9.17, 15) is 4.79 Å². The lowest BCUT2D eigenvalue weighted by atomic mass is 10.1. The minimum absolute atomic E-state index is 0.289. The summed E-state index contributed by atoms with van der Waals surface area (Å²) in [6, 6.07) is 13.0. The molecule has 0 unspecified atom stereocenters. The van der Waals surface area contributed by atoms with Crippen LogP contribution in [0.2, 0.25) is 0 Å². The van der Waals surface area contributed by atoms with Gasteiger partial charge in [-0.2, -0.15) is 0 Å². The predicted octanol–water partition coefficient (Wildman–Crippen LogP) is 2.55. The van der Waals surface area contributed by atoms with E-state index in [0.29, 0.717) is 12.4 Å². The molecule has 7 nitrogen and oxygen atoms in total. The quantitative estimate of drug-likeness (QED) is 0.683. The molecule has 2 heterocycles. The fraction of sp³-hybridized carbons (Fsp3) is 0.176. The fourth-order valence-electron chi connectivity index (χ4n) is 2.20. The Balaban J connectivity index is 1.44. The van der Waals surface area contributed by atoms with Crippen LogP contribution in [0, 0.1) is 0 Å². The molecular formula is C17H18N6O. The number of carbonyl (C=O) groups is 1. The Hall–Kier alpha value is -3.22. The maximum atomic E-state index is 11.8. The molecule has 0 aliphatic carbocycles. The number of carbonyl (C=O) groups excluding carboxylic acids is 1. The van der Waals surface area contributed by atoms with Crippen molar-refractivity contribution < 1.29 is 4.79 Å². The highest BCUT2D eigenvalue weighted by molar-refractivity contribution is 5.88. The number of amides is 2. The van der Waals surface area contributed by atoms with Gasteiger partial charge in [0, 0.05) is 31.0 Å². The third-order valence-electron chi connectivity index (χ3n) is 3.41. The molecule has 3 aromatic rings. The molecule has 0 atom stereocenters. The second kappa shape index (κ2) is 7.87. The number of anilines is 1. The summed E-state index contributed by atoms with van der Waals surface area (Å²) in [5.74, 6) is 0.418. The van der Waals surface area contributed by atoms with Crippen LogP contribution in [-0.2, 0) is 6.54 Å². The SMILES string of the molecule is O=C(NCCCn1ccnc1)Nc1ccc(-c2ccccc2)nn1. The second-order valence-electron chi connectivity index (χ2n) is 5.20. The van der Waals surface area contributed by atoms with Gasteiger partial charge in [0.15, 0.2) is 5.82 Å². The van der Waals surface area contributed by atoms with Gasteiger partial charge >= 0.3 is 6.03 Å². The van der Waals surface area contributed by atoms with Gasteiger partial charge in [0.1, 0.15) is 0 Å². The summed E-state index contributed by atoms with van der Waals surface area (Å²) in [5, 5.41) is 13.6. The summed E-state index contributed by atoms with van der Waals surface area (Å²) in [4.78, 5) is 15.8. The molecule has 0 fully saturated rings. The van der Waals surface area contributed by atoms with Crippen molar-refractivity contribution in [3.63, 3.8) is 0 Å². The lowest BCUT2D eigenvalue weighted by Crippen LogP contribution is -2.30. The molecule has 0 aliphatic rings. The van der Waals surface area contributed by atoms with E-state index in [1.165, 1.54) is 0 Å². The summed E-state index contributed by atoms with van der Waals surface area (Å²) in [5.41, 5.74) is 1.75. The Bertz CT molecular complexity index is 756. The standard InChI is InChI=1S/C17H18N6O/c24-17(19-9-4-11-23-12-10-18-13-23)20-16-8-7-15(21-22-16)14-5-2-1-3-6-14/h1-3,5-8,10,12-13H,4,9,11H2,(H2,19,20,22,24). The van der Waals surface area contributed by atoms with Crippen LogP contribution in [0.15, 0.2) is 61.2 Å². The van der Waals surface area contributed by atoms with Crippen LogP contribution in [0.4, 0.5) is 10.6 Å². The van der Waals surface area contributed by atoms with E-state index in [4.69, 9.17) is 0 Å². The Morgan fingerprint density at radius 2 is 1.96 bits per heavy atom. The second-order valence-corrected chi connectivity index (χ2v) is 5.20. The Morgan fingerprint density at radius 3 is 2.67 bits per heavy atom. The number of benzene rings is 1. The molecule has 0 spiro atoms. The monoisotopic (exact) mass is 322 g/mol. The van der Waals surface area contributed by atoms with Gasteiger partial charge in [-0.3, -0.25) is 5.32 Å². The van der Waals surface area contributed by atoms with Gasteiger partial charge < -0.3 is 9.88 Å². The number of aryl methyl sites for hydroxylation is 1. The number of hydrogen-bond acceptors (Lipinski definition) is 4. The minimum Gasteiger partial charge on any atom is -0.338 e.